The highest BCUT2D eigenvalue weighted by Gasteiger charge is 2.34. The van der Waals surface area contributed by atoms with Gasteiger partial charge in [0.2, 0.25) is 22.8 Å². The van der Waals surface area contributed by atoms with Gasteiger partial charge < -0.3 is 47.3 Å². The molecule has 7 aromatic rings. The van der Waals surface area contributed by atoms with Crippen molar-refractivity contribution in [3.05, 3.63) is 112 Å². The second-order valence-corrected chi connectivity index (χ2v) is 23.2. The van der Waals surface area contributed by atoms with Crippen molar-refractivity contribution in [3.8, 4) is 32.7 Å². The first-order valence-electron chi connectivity index (χ1n) is 22.7. The van der Waals surface area contributed by atoms with Gasteiger partial charge in [-0.05, 0) is 30.5 Å². The van der Waals surface area contributed by atoms with Gasteiger partial charge in [0.1, 0.15) is 71.3 Å². The molecule has 1 unspecified atom stereocenters. The number of nitrogens with two attached hydrogens (primary N) is 2. The van der Waals surface area contributed by atoms with Crippen molar-refractivity contribution >= 4 is 104 Å². The van der Waals surface area contributed by atoms with E-state index in [9.17, 15) is 39.0 Å². The number of amides is 6. The van der Waals surface area contributed by atoms with Crippen molar-refractivity contribution in [3.63, 3.8) is 0 Å². The Morgan fingerprint density at radius 1 is 0.813 bits per heavy atom. The van der Waals surface area contributed by atoms with E-state index in [4.69, 9.17) is 31.2 Å². The average molecular weight is 1130 g/mol. The lowest BCUT2D eigenvalue weighted by Gasteiger charge is -2.23. The first kappa shape index (κ1) is 54.8. The second-order valence-electron chi connectivity index (χ2n) is 17.1. The zero-order valence-electron chi connectivity index (χ0n) is 40.5. The Balaban J connectivity index is 1.23. The molecule has 0 saturated heterocycles. The molecular formula is C47H49N13O9S6. The minimum absolute atomic E-state index is 0.00239. The van der Waals surface area contributed by atoms with E-state index in [1.165, 1.54) is 36.9 Å². The quantitative estimate of drug-likeness (QED) is 0.0807. The van der Waals surface area contributed by atoms with Crippen LogP contribution in [-0.4, -0.2) is 102 Å². The molecule has 1 aliphatic heterocycles. The predicted octanol–water partition coefficient (Wildman–Crippen LogP) is 4.47. The number of thioether (sulfide) groups is 1. The van der Waals surface area contributed by atoms with Gasteiger partial charge in [0, 0.05) is 40.7 Å². The highest BCUT2D eigenvalue weighted by molar-refractivity contribution is 8.00. The van der Waals surface area contributed by atoms with Crippen molar-refractivity contribution in [1.82, 2.24) is 56.5 Å². The fraction of sp³-hybridized carbons (Fsp3) is 0.319. The number of nitrogens with zero attached hydrogens (tertiary/aromatic N) is 6. The number of hydrogen-bond donors (Lipinski definition) is 9. The molecular weight excluding hydrogens is 1080 g/mol. The predicted molar refractivity (Wildman–Crippen MR) is 286 cm³/mol. The minimum Gasteiger partial charge on any atom is -0.386 e. The van der Waals surface area contributed by atoms with Crippen LogP contribution in [0.5, 0.6) is 0 Å². The van der Waals surface area contributed by atoms with Crippen LogP contribution in [0.3, 0.4) is 0 Å². The number of rotatable bonds is 11. The van der Waals surface area contributed by atoms with E-state index >= 15 is 0 Å². The summed E-state index contributed by atoms with van der Waals surface area (Å²) in [6.07, 6.45) is -1.52. The lowest BCUT2D eigenvalue weighted by molar-refractivity contribution is -0.122. The fourth-order valence-corrected chi connectivity index (χ4v) is 12.9. The number of hydrogen-bond acceptors (Lipinski definition) is 22. The molecule has 0 radical (unpaired) electrons. The molecule has 22 nitrogen and oxygen atoms in total. The Bertz CT molecular complexity index is 3260. The van der Waals surface area contributed by atoms with Gasteiger partial charge in [-0.1, -0.05) is 55.9 Å². The molecule has 0 saturated carbocycles. The van der Waals surface area contributed by atoms with Crippen LogP contribution in [-0.2, 0) is 30.8 Å². The molecule has 0 fully saturated rings. The largest absolute Gasteiger partial charge is 0.386 e. The van der Waals surface area contributed by atoms with E-state index in [-0.39, 0.29) is 63.9 Å². The molecule has 28 heteroatoms. The van der Waals surface area contributed by atoms with Crippen molar-refractivity contribution in [2.75, 3.05) is 26.5 Å². The zero-order valence-corrected chi connectivity index (χ0v) is 45.4. The van der Waals surface area contributed by atoms with E-state index in [2.05, 4.69) is 41.5 Å². The summed E-state index contributed by atoms with van der Waals surface area (Å²) in [7, 11) is 2.92. The monoisotopic (exact) mass is 1130 g/mol. The molecule has 11 N–H and O–H groups in total. The number of nitrogens with one attached hydrogen (secondary N) is 5. The van der Waals surface area contributed by atoms with Crippen molar-refractivity contribution < 1.29 is 43.7 Å². The van der Waals surface area contributed by atoms with Crippen LogP contribution >= 0.6 is 68.4 Å². The van der Waals surface area contributed by atoms with E-state index < -0.39 is 71.3 Å². The SMILES string of the molecule is CNC(=O)C[C@@H]1NC(=O)c2csc(n2)-c2ccc(C(N)(O)SCC(N)=O)nc2-c2csc(n2)-c2csc(n2)[C@H]([C@@H](O)c2ccccc2)NC(=O)CNC(=O)c2nc(sc2COC)[C@H](C(C)C)NC(=O)c2nc1sc2C. The molecule has 6 aromatic heterocycles. The Labute approximate surface area is 452 Å². The van der Waals surface area contributed by atoms with Gasteiger partial charge in [0.15, 0.2) is 0 Å². The number of benzene rings is 1. The molecule has 1 aliphatic rings. The molecule has 5 atom stereocenters. The summed E-state index contributed by atoms with van der Waals surface area (Å²) in [5, 5.41) is 41.5. The zero-order chi connectivity index (χ0) is 53.7. The van der Waals surface area contributed by atoms with Crippen LogP contribution in [0, 0.1) is 12.8 Å². The van der Waals surface area contributed by atoms with E-state index in [0.717, 1.165) is 45.3 Å². The number of aliphatic hydroxyl groups is 2. The Hall–Kier alpha value is -6.47. The molecule has 392 valence electrons. The summed E-state index contributed by atoms with van der Waals surface area (Å²) in [5.41, 5.74) is 13.4. The number of primary amides is 1. The molecule has 75 heavy (non-hydrogen) atoms. The Morgan fingerprint density at radius 2 is 1.52 bits per heavy atom. The first-order valence-corrected chi connectivity index (χ1v) is 28.0. The number of pyridine rings is 1. The van der Waals surface area contributed by atoms with Gasteiger partial charge in [-0.25, -0.2) is 29.9 Å². The maximum Gasteiger partial charge on any atom is 0.271 e. The number of thiazole rings is 5. The first-order chi connectivity index (χ1) is 35.8. The summed E-state index contributed by atoms with van der Waals surface area (Å²) in [4.78, 5) is 110. The third-order valence-electron chi connectivity index (χ3n) is 11.3. The molecule has 6 amide bonds. The Morgan fingerprint density at radius 3 is 2.24 bits per heavy atom. The third kappa shape index (κ3) is 12.6. The number of carbonyl (C=O) groups is 6. The molecule has 0 aliphatic carbocycles. The lowest BCUT2D eigenvalue weighted by atomic mass is 10.0. The summed E-state index contributed by atoms with van der Waals surface area (Å²) < 4.78 is 5.42. The molecule has 8 rings (SSSR count). The summed E-state index contributed by atoms with van der Waals surface area (Å²) in [6.45, 7) is 4.91. The van der Waals surface area contributed by atoms with Crippen LogP contribution in [0.1, 0.15) is 112 Å². The van der Waals surface area contributed by atoms with Crippen LogP contribution in [0.15, 0.2) is 58.6 Å². The van der Waals surface area contributed by atoms with Gasteiger partial charge in [-0.2, -0.15) is 0 Å². The number of ether oxygens (including phenoxy) is 1. The van der Waals surface area contributed by atoms with E-state index in [1.807, 2.05) is 13.8 Å². The number of aromatic nitrogens is 6. The molecule has 7 heterocycles. The number of fused-ring (bicyclic) bond motifs is 14. The number of carbonyl (C=O) groups excluding carboxylic acids is 6. The molecule has 0 spiro atoms. The summed E-state index contributed by atoms with van der Waals surface area (Å²) in [5.74, 6) is -4.26. The van der Waals surface area contributed by atoms with Crippen molar-refractivity contribution in [1.29, 1.82) is 0 Å². The summed E-state index contributed by atoms with van der Waals surface area (Å²) in [6, 6.07) is 8.90. The van der Waals surface area contributed by atoms with Crippen LogP contribution in [0.2, 0.25) is 0 Å². The average Bonchev–Trinajstić information content (AvgIpc) is 4.26. The molecule has 1 aromatic carbocycles. The van der Waals surface area contributed by atoms with Gasteiger partial charge in [0.25, 0.3) is 17.7 Å². The fourth-order valence-electron chi connectivity index (χ4n) is 7.53. The normalized spacial score (nSPS) is 17.7. The maximum atomic E-state index is 14.2. The van der Waals surface area contributed by atoms with E-state index in [0.29, 0.717) is 58.4 Å². The second kappa shape index (κ2) is 23.6. The van der Waals surface area contributed by atoms with Gasteiger partial charge in [-0.15, -0.1) is 56.7 Å². The van der Waals surface area contributed by atoms with Crippen molar-refractivity contribution in [2.24, 2.45) is 17.4 Å². The molecule has 10 bridgehead atoms. The van der Waals surface area contributed by atoms with Crippen LogP contribution < -0.4 is 38.1 Å². The van der Waals surface area contributed by atoms with Gasteiger partial charge in [0.05, 0.1) is 48.0 Å². The van der Waals surface area contributed by atoms with Crippen molar-refractivity contribution in [2.45, 2.75) is 63.1 Å². The van der Waals surface area contributed by atoms with Gasteiger partial charge in [-0.3, -0.25) is 34.5 Å². The smallest absolute Gasteiger partial charge is 0.271 e. The number of aryl methyl sites for hydroxylation is 1. The van der Waals surface area contributed by atoms with Crippen LogP contribution in [0.25, 0.3) is 32.7 Å². The standard InChI is InChI=1S/C47H49N13O9S6/c1-20(2)33-46-60-36(28(75-46)15-69-5)40(66)51-14-32(63)57-37(38(64)22-9-7-6-8-10-22)45-55-27(18-72-45)43-53-25(16-71-43)35-23(11-12-29(56-35)47(49,68)73-19-30(48)61)42-54-26(17-70-42)39(65)52-24(13-31(62)50-4)44-59-34(21(3)74-44)41(67)58-33/h6-12,16-18,20,24,33,37-38,64,68H,13-15,19,49H2,1-5H3,(H2,48,61)(H,50,62)(H,51,66)(H,52,65)(H,57,63)(H,58,67)/t24-,33-,37-,38-,47?/m0/s1. The van der Waals surface area contributed by atoms with E-state index in [1.54, 1.807) is 54.1 Å². The Kier molecular flexibility index (Phi) is 17.2. The topological polar surface area (TPSA) is 342 Å². The van der Waals surface area contributed by atoms with Gasteiger partial charge >= 0.3 is 0 Å². The number of methoxy groups -OCH3 is 1. The highest BCUT2D eigenvalue weighted by Crippen LogP contribution is 2.40. The maximum absolute atomic E-state index is 14.2. The lowest BCUT2D eigenvalue weighted by Crippen LogP contribution is -2.40. The highest BCUT2D eigenvalue weighted by atomic mass is 32.2. The third-order valence-corrected chi connectivity index (χ3v) is 17.3. The number of aliphatic hydroxyl groups excluding tert-OH is 1. The summed E-state index contributed by atoms with van der Waals surface area (Å²) >= 11 is 6.41. The van der Waals surface area contributed by atoms with Crippen LogP contribution in [0.4, 0.5) is 0 Å². The minimum atomic E-state index is -2.18.